The Hall–Kier alpha value is -1.17. The molecule has 2 rings (SSSR count). The zero-order valence-corrected chi connectivity index (χ0v) is 10.4. The van der Waals surface area contributed by atoms with Crippen LogP contribution in [0.4, 0.5) is 4.39 Å². The maximum Gasteiger partial charge on any atom is 0.123 e. The first kappa shape index (κ1) is 13.3. The minimum Gasteiger partial charge on any atom is -0.488 e. The van der Waals surface area contributed by atoms with Crippen molar-refractivity contribution in [2.75, 3.05) is 26.8 Å². The molecule has 1 aromatic rings. The van der Waals surface area contributed by atoms with Gasteiger partial charge in [-0.1, -0.05) is 0 Å². The summed E-state index contributed by atoms with van der Waals surface area (Å²) in [5.74, 6) is 0.516. The van der Waals surface area contributed by atoms with Gasteiger partial charge in [0.15, 0.2) is 0 Å². The van der Waals surface area contributed by atoms with E-state index in [1.54, 1.807) is 13.2 Å². The molecule has 0 aromatic heterocycles. The number of hydrogen-bond acceptors (Lipinski definition) is 4. The minimum absolute atomic E-state index is 0.00320. The topological polar surface area (TPSA) is 50.7 Å². The van der Waals surface area contributed by atoms with Crippen molar-refractivity contribution >= 4 is 0 Å². The van der Waals surface area contributed by atoms with Crippen LogP contribution in [0.1, 0.15) is 5.56 Å². The van der Waals surface area contributed by atoms with Gasteiger partial charge in [0.2, 0.25) is 0 Å². The lowest BCUT2D eigenvalue weighted by atomic mass is 10.1. The molecule has 1 heterocycles. The van der Waals surface area contributed by atoms with Crippen LogP contribution in [0.5, 0.6) is 5.75 Å². The molecule has 18 heavy (non-hydrogen) atoms. The Morgan fingerprint density at radius 3 is 3.22 bits per heavy atom. The van der Waals surface area contributed by atoms with E-state index in [1.165, 1.54) is 12.1 Å². The highest BCUT2D eigenvalue weighted by molar-refractivity contribution is 5.37. The number of methoxy groups -OCH3 is 1. The molecule has 2 unspecified atom stereocenters. The molecule has 100 valence electrons. The highest BCUT2D eigenvalue weighted by Gasteiger charge is 2.22. The van der Waals surface area contributed by atoms with Crippen LogP contribution in [-0.4, -0.2) is 44.1 Å². The molecule has 0 aliphatic carbocycles. The van der Waals surface area contributed by atoms with Crippen molar-refractivity contribution < 1.29 is 19.0 Å². The molecule has 0 spiro atoms. The van der Waals surface area contributed by atoms with Crippen LogP contribution >= 0.6 is 0 Å². The number of fused-ring (bicyclic) bond motifs is 1. The summed E-state index contributed by atoms with van der Waals surface area (Å²) in [6.07, 6.45) is 0.174. The van der Waals surface area contributed by atoms with Gasteiger partial charge in [-0.2, -0.15) is 0 Å². The molecule has 0 saturated carbocycles. The van der Waals surface area contributed by atoms with E-state index >= 15 is 0 Å². The Balaban J connectivity index is 1.74. The molecule has 2 N–H and O–H groups in total. The molecular weight excluding hydrogens is 237 g/mol. The summed E-state index contributed by atoms with van der Waals surface area (Å²) in [6.45, 7) is 1.39. The van der Waals surface area contributed by atoms with E-state index in [9.17, 15) is 9.50 Å². The number of ether oxygens (including phenoxy) is 2. The van der Waals surface area contributed by atoms with Crippen LogP contribution in [-0.2, 0) is 11.2 Å². The molecule has 1 aliphatic heterocycles. The van der Waals surface area contributed by atoms with Crippen molar-refractivity contribution in [3.8, 4) is 5.75 Å². The van der Waals surface area contributed by atoms with Gasteiger partial charge in [0.25, 0.3) is 0 Å². The number of aliphatic hydroxyl groups is 1. The van der Waals surface area contributed by atoms with Gasteiger partial charge in [-0.15, -0.1) is 0 Å². The quantitative estimate of drug-likeness (QED) is 0.786. The van der Waals surface area contributed by atoms with E-state index in [4.69, 9.17) is 9.47 Å². The Kier molecular flexibility index (Phi) is 4.52. The predicted molar refractivity (Wildman–Crippen MR) is 65.3 cm³/mol. The first-order valence-corrected chi connectivity index (χ1v) is 6.02. The molecule has 0 bridgehead atoms. The van der Waals surface area contributed by atoms with E-state index in [0.29, 0.717) is 26.1 Å². The summed E-state index contributed by atoms with van der Waals surface area (Å²) < 4.78 is 23.5. The van der Waals surface area contributed by atoms with Crippen molar-refractivity contribution in [2.24, 2.45) is 0 Å². The fraction of sp³-hybridized carbons (Fsp3) is 0.538. The molecule has 5 heteroatoms. The molecule has 1 aromatic carbocycles. The van der Waals surface area contributed by atoms with Crippen LogP contribution in [0.2, 0.25) is 0 Å². The van der Waals surface area contributed by atoms with Gasteiger partial charge in [0, 0.05) is 32.2 Å². The lowest BCUT2D eigenvalue weighted by Crippen LogP contribution is -2.36. The molecule has 0 saturated heterocycles. The first-order chi connectivity index (χ1) is 8.69. The summed E-state index contributed by atoms with van der Waals surface area (Å²) >= 11 is 0. The highest BCUT2D eigenvalue weighted by atomic mass is 19.1. The average Bonchev–Trinajstić information content (AvgIpc) is 2.71. The Morgan fingerprint density at radius 1 is 1.61 bits per heavy atom. The van der Waals surface area contributed by atoms with Crippen molar-refractivity contribution in [3.63, 3.8) is 0 Å². The standard InChI is InChI=1S/C13H18FNO3/c1-17-8-11(16)6-15-7-12-5-9-4-10(14)2-3-13(9)18-12/h2-4,11-12,15-16H,5-8H2,1H3. The summed E-state index contributed by atoms with van der Waals surface area (Å²) in [4.78, 5) is 0. The summed E-state index contributed by atoms with van der Waals surface area (Å²) in [5.41, 5.74) is 0.902. The summed E-state index contributed by atoms with van der Waals surface area (Å²) in [6, 6.07) is 4.57. The first-order valence-electron chi connectivity index (χ1n) is 6.02. The number of rotatable bonds is 6. The lowest BCUT2D eigenvalue weighted by Gasteiger charge is -2.14. The van der Waals surface area contributed by atoms with Crippen LogP contribution in [0.15, 0.2) is 18.2 Å². The summed E-state index contributed by atoms with van der Waals surface area (Å²) in [7, 11) is 1.55. The van der Waals surface area contributed by atoms with Gasteiger partial charge in [-0.3, -0.25) is 0 Å². The van der Waals surface area contributed by atoms with Crippen molar-refractivity contribution in [1.29, 1.82) is 0 Å². The Morgan fingerprint density at radius 2 is 2.44 bits per heavy atom. The Labute approximate surface area is 106 Å². The molecule has 0 radical (unpaired) electrons. The normalized spacial score (nSPS) is 19.4. The minimum atomic E-state index is -0.517. The monoisotopic (exact) mass is 255 g/mol. The molecule has 0 amide bonds. The highest BCUT2D eigenvalue weighted by Crippen LogP contribution is 2.28. The Bertz CT molecular complexity index is 400. The zero-order valence-electron chi connectivity index (χ0n) is 10.4. The van der Waals surface area contributed by atoms with Gasteiger partial charge < -0.3 is 19.9 Å². The third-order valence-corrected chi connectivity index (χ3v) is 2.87. The van der Waals surface area contributed by atoms with Crippen LogP contribution < -0.4 is 10.1 Å². The largest absolute Gasteiger partial charge is 0.488 e. The third kappa shape index (κ3) is 3.41. The second kappa shape index (κ2) is 6.13. The van der Waals surface area contributed by atoms with E-state index < -0.39 is 6.10 Å². The van der Waals surface area contributed by atoms with E-state index in [2.05, 4.69) is 5.32 Å². The second-order valence-electron chi connectivity index (χ2n) is 4.46. The number of nitrogens with one attached hydrogen (secondary N) is 1. The molecule has 0 fully saturated rings. The zero-order chi connectivity index (χ0) is 13.0. The van der Waals surface area contributed by atoms with Gasteiger partial charge in [0.1, 0.15) is 17.7 Å². The molecule has 4 nitrogen and oxygen atoms in total. The van der Waals surface area contributed by atoms with Gasteiger partial charge in [0.05, 0.1) is 12.7 Å². The van der Waals surface area contributed by atoms with Crippen LogP contribution in [0.3, 0.4) is 0 Å². The van der Waals surface area contributed by atoms with E-state index in [1.807, 2.05) is 0 Å². The maximum atomic E-state index is 13.0. The van der Waals surface area contributed by atoms with Gasteiger partial charge >= 0.3 is 0 Å². The van der Waals surface area contributed by atoms with Crippen LogP contribution in [0, 0.1) is 5.82 Å². The third-order valence-electron chi connectivity index (χ3n) is 2.87. The smallest absolute Gasteiger partial charge is 0.123 e. The number of halogens is 1. The molecule has 1 aliphatic rings. The second-order valence-corrected chi connectivity index (χ2v) is 4.46. The van der Waals surface area contributed by atoms with Gasteiger partial charge in [-0.05, 0) is 18.2 Å². The van der Waals surface area contributed by atoms with Crippen molar-refractivity contribution in [2.45, 2.75) is 18.6 Å². The van der Waals surface area contributed by atoms with Crippen LogP contribution in [0.25, 0.3) is 0 Å². The fourth-order valence-electron chi connectivity index (χ4n) is 2.07. The van der Waals surface area contributed by atoms with E-state index in [0.717, 1.165) is 11.3 Å². The lowest BCUT2D eigenvalue weighted by molar-refractivity contribution is 0.0629. The number of aliphatic hydroxyl groups excluding tert-OH is 1. The summed E-state index contributed by atoms with van der Waals surface area (Å²) in [5, 5.41) is 12.6. The molecular formula is C13H18FNO3. The number of benzene rings is 1. The number of hydrogen-bond donors (Lipinski definition) is 2. The van der Waals surface area contributed by atoms with Gasteiger partial charge in [-0.25, -0.2) is 4.39 Å². The predicted octanol–water partition coefficient (Wildman–Crippen LogP) is 0.726. The fourth-order valence-corrected chi connectivity index (χ4v) is 2.07. The van der Waals surface area contributed by atoms with Crippen molar-refractivity contribution in [3.05, 3.63) is 29.6 Å². The SMILES string of the molecule is COCC(O)CNCC1Cc2cc(F)ccc2O1. The maximum absolute atomic E-state index is 13.0. The molecule has 2 atom stereocenters. The average molecular weight is 255 g/mol. The van der Waals surface area contributed by atoms with Crippen molar-refractivity contribution in [1.82, 2.24) is 5.32 Å². The van der Waals surface area contributed by atoms with E-state index in [-0.39, 0.29) is 11.9 Å².